The highest BCUT2D eigenvalue weighted by Crippen LogP contribution is 2.42. The Morgan fingerprint density at radius 1 is 1.04 bits per heavy atom. The lowest BCUT2D eigenvalue weighted by Crippen LogP contribution is -2.02. The van der Waals surface area contributed by atoms with Gasteiger partial charge in [-0.05, 0) is 39.9 Å². The molecule has 0 atom stereocenters. The number of ketones is 1. The third-order valence-electron chi connectivity index (χ3n) is 3.66. The molecule has 2 aromatic carbocycles. The molecule has 0 aliphatic rings. The number of hydrogen-bond donors (Lipinski definition) is 3. The monoisotopic (exact) mass is 380 g/mol. The van der Waals surface area contributed by atoms with Crippen molar-refractivity contribution in [3.8, 4) is 17.2 Å². The molecule has 0 bridgehead atoms. The number of benzene rings is 1. The van der Waals surface area contributed by atoms with Crippen molar-refractivity contribution < 1.29 is 20.1 Å². The van der Waals surface area contributed by atoms with E-state index in [9.17, 15) is 24.9 Å². The molecule has 3 N–H and O–H groups in total. The standard InChI is InChI=1S/C17H17BrO5/c1-2-3-4-5-12(19)9-6-10-7-11(18)15(21)17(23)14(10)16(22)13(20)8-9/h6-8,21,23H,2-5H2,1H3,(H,20,22). The molecule has 0 saturated carbocycles. The second kappa shape index (κ2) is 7.00. The first-order valence-corrected chi connectivity index (χ1v) is 8.10. The van der Waals surface area contributed by atoms with Crippen molar-refractivity contribution in [3.63, 3.8) is 0 Å². The molecule has 0 aliphatic heterocycles. The Hall–Kier alpha value is -2.08. The van der Waals surface area contributed by atoms with Crippen LogP contribution in [0.3, 0.4) is 0 Å². The molecular formula is C17H17BrO5. The van der Waals surface area contributed by atoms with Crippen molar-refractivity contribution in [1.29, 1.82) is 0 Å². The van der Waals surface area contributed by atoms with Crippen molar-refractivity contribution in [2.75, 3.05) is 0 Å². The van der Waals surface area contributed by atoms with E-state index in [1.807, 2.05) is 6.92 Å². The number of phenolic OH excluding ortho intramolecular Hbond substituents is 2. The van der Waals surface area contributed by atoms with E-state index in [-0.39, 0.29) is 26.6 Å². The van der Waals surface area contributed by atoms with Gasteiger partial charge in [0.25, 0.3) is 0 Å². The van der Waals surface area contributed by atoms with Crippen LogP contribution in [-0.4, -0.2) is 21.1 Å². The third-order valence-corrected chi connectivity index (χ3v) is 4.26. The molecule has 23 heavy (non-hydrogen) atoms. The molecular weight excluding hydrogens is 364 g/mol. The Bertz CT molecular complexity index is 829. The average molecular weight is 381 g/mol. The maximum atomic E-state index is 12.3. The number of hydrogen-bond acceptors (Lipinski definition) is 5. The van der Waals surface area contributed by atoms with Gasteiger partial charge in [-0.2, -0.15) is 0 Å². The second-order valence-corrected chi connectivity index (χ2v) is 6.21. The summed E-state index contributed by atoms with van der Waals surface area (Å²) in [6.07, 6.45) is 2.93. The van der Waals surface area contributed by atoms with Gasteiger partial charge in [-0.3, -0.25) is 9.59 Å². The Morgan fingerprint density at radius 2 is 1.74 bits per heavy atom. The maximum absolute atomic E-state index is 12.3. The average Bonchev–Trinajstić information content (AvgIpc) is 2.63. The van der Waals surface area contributed by atoms with E-state index < -0.39 is 22.7 Å². The summed E-state index contributed by atoms with van der Waals surface area (Å²) >= 11 is 3.08. The lowest BCUT2D eigenvalue weighted by atomic mass is 10.0. The van der Waals surface area contributed by atoms with Crippen LogP contribution < -0.4 is 5.43 Å². The van der Waals surface area contributed by atoms with Gasteiger partial charge in [-0.25, -0.2) is 0 Å². The number of aromatic hydroxyl groups is 3. The molecule has 0 heterocycles. The summed E-state index contributed by atoms with van der Waals surface area (Å²) in [6, 6.07) is 3.94. The van der Waals surface area contributed by atoms with Crippen LogP contribution in [0.15, 0.2) is 27.5 Å². The summed E-state index contributed by atoms with van der Waals surface area (Å²) in [7, 11) is 0. The van der Waals surface area contributed by atoms with E-state index in [0.717, 1.165) is 25.3 Å². The van der Waals surface area contributed by atoms with Gasteiger partial charge in [0.05, 0.1) is 9.86 Å². The number of carbonyl (C=O) groups is 1. The van der Waals surface area contributed by atoms with Gasteiger partial charge < -0.3 is 15.3 Å². The molecule has 2 aromatic rings. The molecule has 0 radical (unpaired) electrons. The zero-order chi connectivity index (χ0) is 17.1. The molecule has 0 aliphatic carbocycles. The Kier molecular flexibility index (Phi) is 5.26. The van der Waals surface area contributed by atoms with Gasteiger partial charge in [-0.15, -0.1) is 0 Å². The summed E-state index contributed by atoms with van der Waals surface area (Å²) < 4.78 is 0.199. The van der Waals surface area contributed by atoms with E-state index in [4.69, 9.17) is 0 Å². The summed E-state index contributed by atoms with van der Waals surface area (Å²) in [6.45, 7) is 2.03. The number of phenols is 2. The zero-order valence-corrected chi connectivity index (χ0v) is 14.2. The molecule has 0 spiro atoms. The molecule has 0 saturated heterocycles. The molecule has 0 aromatic heterocycles. The Labute approximate surface area is 141 Å². The van der Waals surface area contributed by atoms with E-state index in [1.165, 1.54) is 12.1 Å². The largest absolute Gasteiger partial charge is 0.504 e. The predicted octanol–water partition coefficient (Wildman–Crippen LogP) is 3.84. The minimum absolute atomic E-state index is 0.174. The fourth-order valence-corrected chi connectivity index (χ4v) is 2.83. The smallest absolute Gasteiger partial charge is 0.221 e. The molecule has 2 rings (SSSR count). The number of halogens is 1. The highest BCUT2D eigenvalue weighted by Gasteiger charge is 2.17. The van der Waals surface area contributed by atoms with Crippen LogP contribution in [0.4, 0.5) is 0 Å². The topological polar surface area (TPSA) is 94.8 Å². The number of unbranched alkanes of at least 4 members (excludes halogenated alkanes) is 2. The number of fused-ring (bicyclic) bond motifs is 1. The number of rotatable bonds is 5. The van der Waals surface area contributed by atoms with Crippen LogP contribution >= 0.6 is 15.9 Å². The molecule has 5 nitrogen and oxygen atoms in total. The first kappa shape index (κ1) is 17.3. The van der Waals surface area contributed by atoms with Gasteiger partial charge in [0.2, 0.25) is 5.43 Å². The maximum Gasteiger partial charge on any atom is 0.221 e. The predicted molar refractivity (Wildman–Crippen MR) is 91.4 cm³/mol. The van der Waals surface area contributed by atoms with Crippen molar-refractivity contribution in [2.24, 2.45) is 0 Å². The van der Waals surface area contributed by atoms with Crippen LogP contribution in [-0.2, 0) is 0 Å². The highest BCUT2D eigenvalue weighted by molar-refractivity contribution is 9.10. The zero-order valence-electron chi connectivity index (χ0n) is 12.6. The van der Waals surface area contributed by atoms with Gasteiger partial charge in [0.1, 0.15) is 0 Å². The van der Waals surface area contributed by atoms with E-state index in [2.05, 4.69) is 15.9 Å². The molecule has 0 unspecified atom stereocenters. The first-order valence-electron chi connectivity index (χ1n) is 7.31. The van der Waals surface area contributed by atoms with E-state index in [0.29, 0.717) is 6.42 Å². The fraction of sp³-hybridized carbons (Fsp3) is 0.294. The van der Waals surface area contributed by atoms with Crippen molar-refractivity contribution in [3.05, 3.63) is 38.5 Å². The minimum atomic E-state index is -0.782. The Balaban J connectivity index is 2.67. The van der Waals surface area contributed by atoms with Gasteiger partial charge in [-0.1, -0.05) is 19.8 Å². The highest BCUT2D eigenvalue weighted by atomic mass is 79.9. The van der Waals surface area contributed by atoms with E-state index in [1.54, 1.807) is 0 Å². The van der Waals surface area contributed by atoms with Crippen LogP contribution in [0.1, 0.15) is 43.0 Å². The Morgan fingerprint density at radius 3 is 2.39 bits per heavy atom. The third kappa shape index (κ3) is 3.47. The molecule has 0 amide bonds. The van der Waals surface area contributed by atoms with Crippen molar-refractivity contribution in [1.82, 2.24) is 0 Å². The SMILES string of the molecule is CCCCCC(=O)c1cc(=O)c(O)c2c(O)c(O)c(Br)cc2c1. The first-order chi connectivity index (χ1) is 10.9. The lowest BCUT2D eigenvalue weighted by molar-refractivity contribution is 0.0979. The summed E-state index contributed by atoms with van der Waals surface area (Å²) in [5.74, 6) is -1.98. The van der Waals surface area contributed by atoms with Crippen molar-refractivity contribution >= 4 is 32.5 Å². The van der Waals surface area contributed by atoms with Gasteiger partial charge in [0.15, 0.2) is 23.0 Å². The normalized spacial score (nSPS) is 10.9. The summed E-state index contributed by atoms with van der Waals surface area (Å²) in [4.78, 5) is 24.3. The van der Waals surface area contributed by atoms with Crippen molar-refractivity contribution in [2.45, 2.75) is 32.6 Å². The van der Waals surface area contributed by atoms with Gasteiger partial charge in [0, 0.05) is 18.1 Å². The number of carbonyl (C=O) groups excluding carboxylic acids is 1. The minimum Gasteiger partial charge on any atom is -0.504 e. The van der Waals surface area contributed by atoms with Crippen LogP contribution in [0, 0.1) is 0 Å². The fourth-order valence-electron chi connectivity index (χ4n) is 2.39. The van der Waals surface area contributed by atoms with Crippen LogP contribution in [0.25, 0.3) is 10.8 Å². The van der Waals surface area contributed by atoms with Crippen LogP contribution in [0.5, 0.6) is 17.2 Å². The summed E-state index contributed by atoms with van der Waals surface area (Å²) in [5.41, 5.74) is -0.607. The molecule has 0 fully saturated rings. The number of Topliss-reactive ketones (excluding diaryl/α,β-unsaturated/α-hetero) is 1. The second-order valence-electron chi connectivity index (χ2n) is 5.36. The van der Waals surface area contributed by atoms with E-state index >= 15 is 0 Å². The molecule has 122 valence electrons. The molecule has 6 heteroatoms. The van der Waals surface area contributed by atoms with Crippen LogP contribution in [0.2, 0.25) is 0 Å². The van der Waals surface area contributed by atoms with Gasteiger partial charge >= 0.3 is 0 Å². The quantitative estimate of drug-likeness (QED) is 0.416. The summed E-state index contributed by atoms with van der Waals surface area (Å²) in [5, 5.41) is 29.9. The lowest BCUT2D eigenvalue weighted by Gasteiger charge is -2.04.